The molecule has 0 radical (unpaired) electrons. The quantitative estimate of drug-likeness (QED) is 0.753. The Hall–Kier alpha value is -2.11. The molecule has 0 aliphatic heterocycles. The largest absolute Gasteiger partial charge is 0.443 e. The predicted octanol–water partition coefficient (Wildman–Crippen LogP) is 4.40. The first kappa shape index (κ1) is 14.8. The fourth-order valence-corrected chi connectivity index (χ4v) is 2.62. The van der Waals surface area contributed by atoms with Crippen LogP contribution in [0.5, 0.6) is 0 Å². The third kappa shape index (κ3) is 2.53. The van der Waals surface area contributed by atoms with Gasteiger partial charge in [-0.2, -0.15) is 0 Å². The van der Waals surface area contributed by atoms with Gasteiger partial charge in [0.15, 0.2) is 0 Å². The van der Waals surface area contributed by atoms with E-state index in [2.05, 4.69) is 15.3 Å². The normalized spacial score (nSPS) is 10.9. The molecule has 0 unspecified atom stereocenters. The standard InChI is InChI=1S/C15H11Cl2N3O2/c1-7-8(2)22-15-12(7)13(18-6-19-15)20-14(21)10-4-3-9(16)5-11(10)17/h3-6H,1-2H3,(H,18,19,20,21). The van der Waals surface area contributed by atoms with Crippen LogP contribution >= 0.6 is 23.2 Å². The van der Waals surface area contributed by atoms with Crippen LogP contribution in [0.25, 0.3) is 11.1 Å². The second-order valence-corrected chi connectivity index (χ2v) is 5.61. The monoisotopic (exact) mass is 335 g/mol. The molecule has 0 spiro atoms. The fraction of sp³-hybridized carbons (Fsp3) is 0.133. The number of aryl methyl sites for hydroxylation is 2. The topological polar surface area (TPSA) is 68.0 Å². The number of amides is 1. The van der Waals surface area contributed by atoms with E-state index in [1.54, 1.807) is 12.1 Å². The minimum Gasteiger partial charge on any atom is -0.443 e. The maximum Gasteiger partial charge on any atom is 0.258 e. The van der Waals surface area contributed by atoms with E-state index in [1.807, 2.05) is 13.8 Å². The molecule has 0 saturated heterocycles. The Labute approximate surface area is 136 Å². The molecule has 0 bridgehead atoms. The van der Waals surface area contributed by atoms with Gasteiger partial charge in [0, 0.05) is 10.6 Å². The molecule has 5 nitrogen and oxygen atoms in total. The zero-order valence-corrected chi connectivity index (χ0v) is 13.3. The molecular formula is C15H11Cl2N3O2. The first-order chi connectivity index (χ1) is 10.5. The Morgan fingerprint density at radius 2 is 2.00 bits per heavy atom. The van der Waals surface area contributed by atoms with Gasteiger partial charge in [-0.05, 0) is 32.0 Å². The van der Waals surface area contributed by atoms with Gasteiger partial charge in [0.1, 0.15) is 17.9 Å². The number of anilines is 1. The highest BCUT2D eigenvalue weighted by Gasteiger charge is 2.17. The van der Waals surface area contributed by atoms with Crippen molar-refractivity contribution in [3.05, 3.63) is 51.5 Å². The fourth-order valence-electron chi connectivity index (χ4n) is 2.13. The summed E-state index contributed by atoms with van der Waals surface area (Å²) in [5.41, 5.74) is 1.63. The van der Waals surface area contributed by atoms with Gasteiger partial charge in [-0.1, -0.05) is 23.2 Å². The van der Waals surface area contributed by atoms with Gasteiger partial charge in [-0.3, -0.25) is 4.79 Å². The number of hydrogen-bond donors (Lipinski definition) is 1. The van der Waals surface area contributed by atoms with Crippen LogP contribution < -0.4 is 5.32 Å². The summed E-state index contributed by atoms with van der Waals surface area (Å²) in [5, 5.41) is 4.16. The van der Waals surface area contributed by atoms with E-state index in [1.165, 1.54) is 12.4 Å². The summed E-state index contributed by atoms with van der Waals surface area (Å²) < 4.78 is 5.52. The van der Waals surface area contributed by atoms with Crippen molar-refractivity contribution in [1.82, 2.24) is 9.97 Å². The Kier molecular flexibility index (Phi) is 3.76. The predicted molar refractivity (Wildman–Crippen MR) is 85.7 cm³/mol. The molecule has 1 aromatic carbocycles. The zero-order chi connectivity index (χ0) is 15.9. The molecular weight excluding hydrogens is 325 g/mol. The molecule has 0 aliphatic carbocycles. The van der Waals surface area contributed by atoms with Crippen LogP contribution in [0.3, 0.4) is 0 Å². The van der Waals surface area contributed by atoms with Gasteiger partial charge in [0.05, 0.1) is 16.0 Å². The zero-order valence-electron chi connectivity index (χ0n) is 11.8. The highest BCUT2D eigenvalue weighted by Crippen LogP contribution is 2.29. The van der Waals surface area contributed by atoms with E-state index in [0.717, 1.165) is 11.3 Å². The molecule has 2 heterocycles. The second kappa shape index (κ2) is 5.59. The summed E-state index contributed by atoms with van der Waals surface area (Å²) >= 11 is 11.9. The molecule has 0 aliphatic rings. The second-order valence-electron chi connectivity index (χ2n) is 4.76. The molecule has 3 aromatic rings. The lowest BCUT2D eigenvalue weighted by molar-refractivity contribution is 0.102. The average molecular weight is 336 g/mol. The minimum atomic E-state index is -0.375. The number of halogens is 2. The van der Waals surface area contributed by atoms with Crippen LogP contribution in [0.4, 0.5) is 5.82 Å². The number of furan rings is 1. The molecule has 0 fully saturated rings. The highest BCUT2D eigenvalue weighted by atomic mass is 35.5. The molecule has 0 atom stereocenters. The number of carbonyl (C=O) groups excluding carboxylic acids is 1. The maximum absolute atomic E-state index is 12.4. The summed E-state index contributed by atoms with van der Waals surface area (Å²) in [6.45, 7) is 3.72. The van der Waals surface area contributed by atoms with Gasteiger partial charge >= 0.3 is 0 Å². The van der Waals surface area contributed by atoms with Gasteiger partial charge in [0.25, 0.3) is 5.91 Å². The summed E-state index contributed by atoms with van der Waals surface area (Å²) in [4.78, 5) is 20.6. The van der Waals surface area contributed by atoms with Gasteiger partial charge in [-0.15, -0.1) is 0 Å². The SMILES string of the molecule is Cc1oc2ncnc(NC(=O)c3ccc(Cl)cc3Cl)c2c1C. The van der Waals surface area contributed by atoms with Crippen LogP contribution in [0.1, 0.15) is 21.7 Å². The number of aromatic nitrogens is 2. The number of benzene rings is 1. The molecule has 22 heavy (non-hydrogen) atoms. The van der Waals surface area contributed by atoms with Crippen molar-refractivity contribution in [2.75, 3.05) is 5.32 Å². The van der Waals surface area contributed by atoms with Crippen molar-refractivity contribution in [3.8, 4) is 0 Å². The Morgan fingerprint density at radius 1 is 1.23 bits per heavy atom. The van der Waals surface area contributed by atoms with Crippen molar-refractivity contribution in [1.29, 1.82) is 0 Å². The summed E-state index contributed by atoms with van der Waals surface area (Å²) in [6, 6.07) is 4.68. The Balaban J connectivity index is 2.01. The lowest BCUT2D eigenvalue weighted by Crippen LogP contribution is -2.14. The minimum absolute atomic E-state index is 0.274. The molecule has 1 N–H and O–H groups in total. The van der Waals surface area contributed by atoms with E-state index in [0.29, 0.717) is 27.5 Å². The molecule has 3 rings (SSSR count). The maximum atomic E-state index is 12.4. The smallest absolute Gasteiger partial charge is 0.258 e. The third-order valence-corrected chi connectivity index (χ3v) is 3.92. The number of hydrogen-bond acceptors (Lipinski definition) is 4. The lowest BCUT2D eigenvalue weighted by atomic mass is 10.2. The van der Waals surface area contributed by atoms with Gasteiger partial charge < -0.3 is 9.73 Å². The Bertz CT molecular complexity index is 890. The number of carbonyl (C=O) groups is 1. The molecule has 7 heteroatoms. The van der Waals surface area contributed by atoms with E-state index in [9.17, 15) is 4.79 Å². The molecule has 1 amide bonds. The van der Waals surface area contributed by atoms with E-state index >= 15 is 0 Å². The van der Waals surface area contributed by atoms with Crippen molar-refractivity contribution >= 4 is 46.0 Å². The Morgan fingerprint density at radius 3 is 2.73 bits per heavy atom. The van der Waals surface area contributed by atoms with Crippen molar-refractivity contribution in [3.63, 3.8) is 0 Å². The van der Waals surface area contributed by atoms with Crippen molar-refractivity contribution in [2.45, 2.75) is 13.8 Å². The van der Waals surface area contributed by atoms with Crippen molar-refractivity contribution < 1.29 is 9.21 Å². The van der Waals surface area contributed by atoms with Crippen LogP contribution in [0, 0.1) is 13.8 Å². The molecule has 112 valence electrons. The van der Waals surface area contributed by atoms with E-state index < -0.39 is 0 Å². The number of rotatable bonds is 2. The van der Waals surface area contributed by atoms with Gasteiger partial charge in [0.2, 0.25) is 5.71 Å². The molecule has 2 aromatic heterocycles. The third-order valence-electron chi connectivity index (χ3n) is 3.37. The number of nitrogens with zero attached hydrogens (tertiary/aromatic N) is 2. The molecule has 0 saturated carbocycles. The summed E-state index contributed by atoms with van der Waals surface area (Å²) in [5.74, 6) is 0.741. The van der Waals surface area contributed by atoms with Crippen LogP contribution in [0.2, 0.25) is 10.0 Å². The number of fused-ring (bicyclic) bond motifs is 1. The number of nitrogens with one attached hydrogen (secondary N) is 1. The van der Waals surface area contributed by atoms with Crippen LogP contribution in [-0.2, 0) is 0 Å². The van der Waals surface area contributed by atoms with E-state index in [4.69, 9.17) is 27.6 Å². The lowest BCUT2D eigenvalue weighted by Gasteiger charge is -2.07. The first-order valence-corrected chi connectivity index (χ1v) is 7.20. The van der Waals surface area contributed by atoms with Crippen LogP contribution in [0.15, 0.2) is 28.9 Å². The average Bonchev–Trinajstić information content (AvgIpc) is 2.75. The van der Waals surface area contributed by atoms with Crippen molar-refractivity contribution in [2.24, 2.45) is 0 Å². The highest BCUT2D eigenvalue weighted by molar-refractivity contribution is 6.37. The summed E-state index contributed by atoms with van der Waals surface area (Å²) in [7, 11) is 0. The van der Waals surface area contributed by atoms with E-state index in [-0.39, 0.29) is 10.9 Å². The van der Waals surface area contributed by atoms with Crippen LogP contribution in [-0.4, -0.2) is 15.9 Å². The first-order valence-electron chi connectivity index (χ1n) is 6.44. The summed E-state index contributed by atoms with van der Waals surface area (Å²) in [6.07, 6.45) is 1.34. The van der Waals surface area contributed by atoms with Gasteiger partial charge in [-0.25, -0.2) is 9.97 Å².